The van der Waals surface area contributed by atoms with E-state index >= 15 is 0 Å². The summed E-state index contributed by atoms with van der Waals surface area (Å²) in [7, 11) is 0. The summed E-state index contributed by atoms with van der Waals surface area (Å²) in [5, 5.41) is 18.7. The number of carboxylic acid groups (broad SMARTS) is 1. The van der Waals surface area contributed by atoms with Gasteiger partial charge in [-0.1, -0.05) is 24.3 Å². The van der Waals surface area contributed by atoms with Gasteiger partial charge in [-0.25, -0.2) is 4.79 Å². The highest BCUT2D eigenvalue weighted by Gasteiger charge is 2.14. The summed E-state index contributed by atoms with van der Waals surface area (Å²) < 4.78 is 5.71. The molecule has 0 atom stereocenters. The first-order valence-electron chi connectivity index (χ1n) is 6.37. The van der Waals surface area contributed by atoms with Crippen LogP contribution in [-0.2, 0) is 0 Å². The van der Waals surface area contributed by atoms with Crippen LogP contribution in [-0.4, -0.2) is 21.3 Å². The van der Waals surface area contributed by atoms with E-state index in [9.17, 15) is 9.90 Å². The van der Waals surface area contributed by atoms with Crippen LogP contribution in [0.3, 0.4) is 0 Å². The second-order valence-electron chi connectivity index (χ2n) is 4.64. The maximum atomic E-state index is 11.3. The zero-order valence-corrected chi connectivity index (χ0v) is 11.3. The third kappa shape index (κ3) is 2.53. The Balaban J connectivity index is 2.11. The molecule has 0 saturated heterocycles. The molecule has 0 spiro atoms. The molecule has 0 saturated carbocycles. The lowest BCUT2D eigenvalue weighted by Gasteiger charge is -2.10. The first-order valence-corrected chi connectivity index (χ1v) is 6.37. The summed E-state index contributed by atoms with van der Waals surface area (Å²) in [6, 6.07) is 12.4. The third-order valence-electron chi connectivity index (χ3n) is 3.11. The van der Waals surface area contributed by atoms with E-state index in [0.29, 0.717) is 5.88 Å². The molecule has 1 aromatic heterocycles. The van der Waals surface area contributed by atoms with Gasteiger partial charge in [-0.2, -0.15) is 5.10 Å². The monoisotopic (exact) mass is 280 g/mol. The van der Waals surface area contributed by atoms with Gasteiger partial charge in [0, 0.05) is 10.8 Å². The molecule has 104 valence electrons. The first-order chi connectivity index (χ1) is 10.1. The molecule has 0 radical (unpaired) electrons. The second kappa shape index (κ2) is 5.20. The molecular weight excluding hydrogens is 268 g/mol. The fourth-order valence-electron chi connectivity index (χ4n) is 2.07. The molecule has 1 N–H and O–H groups in total. The van der Waals surface area contributed by atoms with Crippen molar-refractivity contribution in [1.29, 1.82) is 0 Å². The van der Waals surface area contributed by atoms with Gasteiger partial charge in [0.25, 0.3) is 0 Å². The van der Waals surface area contributed by atoms with Crippen LogP contribution >= 0.6 is 0 Å². The number of carbonyl (C=O) groups is 1. The van der Waals surface area contributed by atoms with E-state index in [0.717, 1.165) is 16.3 Å². The number of carboxylic acids is 1. The van der Waals surface area contributed by atoms with Crippen LogP contribution in [0.5, 0.6) is 11.6 Å². The highest BCUT2D eigenvalue weighted by Crippen LogP contribution is 2.29. The fourth-order valence-corrected chi connectivity index (χ4v) is 2.07. The normalized spacial score (nSPS) is 10.5. The predicted molar refractivity (Wildman–Crippen MR) is 77.8 cm³/mol. The fraction of sp³-hybridized carbons (Fsp3) is 0.0625. The van der Waals surface area contributed by atoms with Crippen LogP contribution in [0.1, 0.15) is 15.9 Å². The number of hydrogen-bond donors (Lipinski definition) is 1. The largest absolute Gasteiger partial charge is 0.478 e. The van der Waals surface area contributed by atoms with E-state index in [1.165, 1.54) is 6.07 Å². The van der Waals surface area contributed by atoms with Crippen LogP contribution in [0.2, 0.25) is 0 Å². The minimum Gasteiger partial charge on any atom is -0.478 e. The van der Waals surface area contributed by atoms with Crippen LogP contribution in [0, 0.1) is 6.92 Å². The standard InChI is InChI=1S/C16H12N2O3/c1-10-6-7-13(16(19)20)14(8-10)21-15-12-5-3-2-4-11(12)9-17-18-15/h2-9H,1H3,(H,19,20). The van der Waals surface area contributed by atoms with Crippen molar-refractivity contribution in [3.63, 3.8) is 0 Å². The third-order valence-corrected chi connectivity index (χ3v) is 3.11. The Hall–Kier alpha value is -2.95. The average molecular weight is 280 g/mol. The van der Waals surface area contributed by atoms with E-state index in [1.54, 1.807) is 18.3 Å². The maximum absolute atomic E-state index is 11.3. The van der Waals surface area contributed by atoms with Crippen molar-refractivity contribution >= 4 is 16.7 Å². The molecule has 1 heterocycles. The number of hydrogen-bond acceptors (Lipinski definition) is 4. The van der Waals surface area contributed by atoms with E-state index in [4.69, 9.17) is 4.74 Å². The molecule has 3 aromatic rings. The van der Waals surface area contributed by atoms with Crippen LogP contribution in [0.25, 0.3) is 10.8 Å². The Labute approximate surface area is 120 Å². The number of aromatic carboxylic acids is 1. The highest BCUT2D eigenvalue weighted by molar-refractivity contribution is 5.91. The smallest absolute Gasteiger partial charge is 0.339 e. The van der Waals surface area contributed by atoms with Crippen molar-refractivity contribution in [3.05, 3.63) is 59.8 Å². The van der Waals surface area contributed by atoms with E-state index in [-0.39, 0.29) is 11.3 Å². The van der Waals surface area contributed by atoms with Crippen molar-refractivity contribution in [1.82, 2.24) is 10.2 Å². The molecule has 5 heteroatoms. The Kier molecular flexibility index (Phi) is 3.23. The van der Waals surface area contributed by atoms with Gasteiger partial charge in [-0.05, 0) is 30.7 Å². The summed E-state index contributed by atoms with van der Waals surface area (Å²) >= 11 is 0. The molecule has 0 bridgehead atoms. The molecule has 5 nitrogen and oxygen atoms in total. The quantitative estimate of drug-likeness (QED) is 0.795. The van der Waals surface area contributed by atoms with Gasteiger partial charge in [0.2, 0.25) is 5.88 Å². The maximum Gasteiger partial charge on any atom is 0.339 e. The number of aromatic nitrogens is 2. The predicted octanol–water partition coefficient (Wildman–Crippen LogP) is 3.43. The van der Waals surface area contributed by atoms with Crippen molar-refractivity contribution in [2.45, 2.75) is 6.92 Å². The van der Waals surface area contributed by atoms with Crippen LogP contribution < -0.4 is 4.74 Å². The molecule has 0 aliphatic carbocycles. The van der Waals surface area contributed by atoms with Crippen molar-refractivity contribution in [2.24, 2.45) is 0 Å². The summed E-state index contributed by atoms with van der Waals surface area (Å²) in [5.74, 6) is -0.493. The van der Waals surface area contributed by atoms with Crippen LogP contribution in [0.15, 0.2) is 48.7 Å². The SMILES string of the molecule is Cc1ccc(C(=O)O)c(Oc2nncc3ccccc23)c1. The lowest BCUT2D eigenvalue weighted by molar-refractivity contribution is 0.0694. The number of ether oxygens (including phenoxy) is 1. The van der Waals surface area contributed by atoms with E-state index in [1.807, 2.05) is 31.2 Å². The first kappa shape index (κ1) is 13.1. The summed E-state index contributed by atoms with van der Waals surface area (Å²) in [6.45, 7) is 1.87. The van der Waals surface area contributed by atoms with Gasteiger partial charge in [0.15, 0.2) is 0 Å². The number of nitrogens with zero attached hydrogens (tertiary/aromatic N) is 2. The highest BCUT2D eigenvalue weighted by atomic mass is 16.5. The Morgan fingerprint density at radius 1 is 1.19 bits per heavy atom. The van der Waals surface area contributed by atoms with Crippen molar-refractivity contribution < 1.29 is 14.6 Å². The van der Waals surface area contributed by atoms with Gasteiger partial charge < -0.3 is 9.84 Å². The van der Waals surface area contributed by atoms with E-state index < -0.39 is 5.97 Å². The molecule has 0 unspecified atom stereocenters. The number of fused-ring (bicyclic) bond motifs is 1. The molecule has 2 aromatic carbocycles. The Morgan fingerprint density at radius 3 is 2.81 bits per heavy atom. The van der Waals surface area contributed by atoms with Gasteiger partial charge in [-0.3, -0.25) is 0 Å². The van der Waals surface area contributed by atoms with Crippen molar-refractivity contribution in [3.8, 4) is 11.6 Å². The second-order valence-corrected chi connectivity index (χ2v) is 4.64. The molecule has 0 aliphatic heterocycles. The Bertz CT molecular complexity index is 825. The van der Waals surface area contributed by atoms with Crippen LogP contribution in [0.4, 0.5) is 0 Å². The number of aryl methyl sites for hydroxylation is 1. The van der Waals surface area contributed by atoms with Gasteiger partial charge in [0.1, 0.15) is 11.3 Å². The topological polar surface area (TPSA) is 72.3 Å². The zero-order valence-electron chi connectivity index (χ0n) is 11.3. The minimum absolute atomic E-state index is 0.0929. The molecule has 0 amide bonds. The molecule has 0 fully saturated rings. The molecule has 0 aliphatic rings. The minimum atomic E-state index is -1.04. The number of rotatable bonds is 3. The average Bonchev–Trinajstić information content (AvgIpc) is 2.47. The van der Waals surface area contributed by atoms with Crippen molar-refractivity contribution in [2.75, 3.05) is 0 Å². The lowest BCUT2D eigenvalue weighted by Crippen LogP contribution is -2.01. The van der Waals surface area contributed by atoms with E-state index in [2.05, 4.69) is 10.2 Å². The summed E-state index contributed by atoms with van der Waals surface area (Å²) in [5.41, 5.74) is 0.999. The summed E-state index contributed by atoms with van der Waals surface area (Å²) in [6.07, 6.45) is 1.64. The number of benzene rings is 2. The zero-order chi connectivity index (χ0) is 14.8. The van der Waals surface area contributed by atoms with Gasteiger partial charge in [-0.15, -0.1) is 5.10 Å². The Morgan fingerprint density at radius 2 is 2.00 bits per heavy atom. The lowest BCUT2D eigenvalue weighted by atomic mass is 10.1. The van der Waals surface area contributed by atoms with Gasteiger partial charge >= 0.3 is 5.97 Å². The summed E-state index contributed by atoms with van der Waals surface area (Å²) in [4.78, 5) is 11.3. The molecule has 3 rings (SSSR count). The van der Waals surface area contributed by atoms with Gasteiger partial charge in [0.05, 0.1) is 6.20 Å². The molecular formula is C16H12N2O3. The molecule has 21 heavy (non-hydrogen) atoms.